The van der Waals surface area contributed by atoms with Gasteiger partial charge >= 0.3 is 5.97 Å². The molecule has 0 saturated carbocycles. The summed E-state index contributed by atoms with van der Waals surface area (Å²) in [6.07, 6.45) is 0.928. The van der Waals surface area contributed by atoms with Gasteiger partial charge < -0.3 is 4.74 Å². The number of hydrogen-bond acceptors (Lipinski definition) is 5. The van der Waals surface area contributed by atoms with Gasteiger partial charge in [-0.05, 0) is 29.7 Å². The van der Waals surface area contributed by atoms with Crippen LogP contribution in [0.5, 0.6) is 0 Å². The monoisotopic (exact) mass is 372 g/mol. The van der Waals surface area contributed by atoms with Crippen LogP contribution >= 0.6 is 23.5 Å². The number of aryl methyl sites for hydroxylation is 1. The van der Waals surface area contributed by atoms with Crippen LogP contribution in [0.3, 0.4) is 0 Å². The van der Waals surface area contributed by atoms with Gasteiger partial charge in [-0.3, -0.25) is 4.79 Å². The highest BCUT2D eigenvalue weighted by atomic mass is 32.2. The van der Waals surface area contributed by atoms with Crippen LogP contribution in [0.4, 0.5) is 0 Å². The molecule has 1 fully saturated rings. The van der Waals surface area contributed by atoms with Crippen molar-refractivity contribution in [2.45, 2.75) is 17.9 Å². The number of benzene rings is 2. The van der Waals surface area contributed by atoms with E-state index in [0.29, 0.717) is 15.7 Å². The van der Waals surface area contributed by atoms with Crippen LogP contribution in [-0.4, -0.2) is 29.9 Å². The highest BCUT2D eigenvalue weighted by molar-refractivity contribution is 8.19. The molecule has 25 heavy (non-hydrogen) atoms. The molecular weight excluding hydrogens is 352 g/mol. The SMILES string of the molecule is CCc1ccc(C(=O)COC(=O)c2ccc(C3SCCS3)cc2)cc1. The Balaban J connectivity index is 1.55. The van der Waals surface area contributed by atoms with E-state index in [0.717, 1.165) is 6.42 Å². The molecule has 130 valence electrons. The van der Waals surface area contributed by atoms with Crippen LogP contribution in [0.1, 0.15) is 43.3 Å². The first-order valence-electron chi connectivity index (χ1n) is 8.30. The summed E-state index contributed by atoms with van der Waals surface area (Å²) in [7, 11) is 0. The number of esters is 1. The van der Waals surface area contributed by atoms with Crippen molar-refractivity contribution in [2.24, 2.45) is 0 Å². The highest BCUT2D eigenvalue weighted by Gasteiger charge is 2.19. The van der Waals surface area contributed by atoms with Crippen molar-refractivity contribution in [1.29, 1.82) is 0 Å². The lowest BCUT2D eigenvalue weighted by Gasteiger charge is -2.09. The van der Waals surface area contributed by atoms with E-state index in [1.165, 1.54) is 22.6 Å². The van der Waals surface area contributed by atoms with Crippen LogP contribution in [0, 0.1) is 0 Å². The second-order valence-electron chi connectivity index (χ2n) is 5.75. The number of hydrogen-bond donors (Lipinski definition) is 0. The first kappa shape index (κ1) is 18.1. The van der Waals surface area contributed by atoms with Crippen LogP contribution in [0.2, 0.25) is 0 Å². The molecule has 1 aliphatic rings. The molecule has 0 bridgehead atoms. The Morgan fingerprint density at radius 1 is 0.960 bits per heavy atom. The molecule has 0 aromatic heterocycles. The smallest absolute Gasteiger partial charge is 0.338 e. The summed E-state index contributed by atoms with van der Waals surface area (Å²) in [5, 5.41) is 0. The van der Waals surface area contributed by atoms with E-state index in [1.807, 2.05) is 47.8 Å². The zero-order chi connectivity index (χ0) is 17.6. The van der Waals surface area contributed by atoms with Gasteiger partial charge in [0.15, 0.2) is 12.4 Å². The zero-order valence-electron chi connectivity index (χ0n) is 14.1. The van der Waals surface area contributed by atoms with Crippen molar-refractivity contribution >= 4 is 35.3 Å². The summed E-state index contributed by atoms with van der Waals surface area (Å²) in [6.45, 7) is 1.83. The Bertz CT molecular complexity index is 733. The minimum atomic E-state index is -0.461. The highest BCUT2D eigenvalue weighted by Crippen LogP contribution is 2.45. The van der Waals surface area contributed by atoms with Gasteiger partial charge in [0, 0.05) is 17.1 Å². The summed E-state index contributed by atoms with van der Waals surface area (Å²) in [5.74, 6) is 1.68. The Morgan fingerprint density at radius 2 is 1.56 bits per heavy atom. The zero-order valence-corrected chi connectivity index (χ0v) is 15.7. The largest absolute Gasteiger partial charge is 0.454 e. The van der Waals surface area contributed by atoms with E-state index in [4.69, 9.17) is 4.74 Å². The maximum absolute atomic E-state index is 12.1. The molecule has 0 aliphatic carbocycles. The first-order valence-corrected chi connectivity index (χ1v) is 10.4. The number of rotatable bonds is 6. The molecule has 1 aliphatic heterocycles. The maximum atomic E-state index is 12.1. The van der Waals surface area contributed by atoms with Crippen molar-refractivity contribution in [3.63, 3.8) is 0 Å². The van der Waals surface area contributed by atoms with Gasteiger partial charge in [-0.1, -0.05) is 43.3 Å². The summed E-state index contributed by atoms with van der Waals surface area (Å²) < 4.78 is 5.62. The van der Waals surface area contributed by atoms with Crippen LogP contribution in [-0.2, 0) is 11.2 Å². The molecule has 0 radical (unpaired) electrons. The van der Waals surface area contributed by atoms with Gasteiger partial charge in [-0.25, -0.2) is 4.79 Å². The molecule has 0 amide bonds. The van der Waals surface area contributed by atoms with Gasteiger partial charge in [0.05, 0.1) is 10.1 Å². The van der Waals surface area contributed by atoms with Gasteiger partial charge in [0.2, 0.25) is 0 Å². The third-order valence-electron chi connectivity index (χ3n) is 4.06. The predicted octanol–water partition coefficient (Wildman–Crippen LogP) is 4.77. The van der Waals surface area contributed by atoms with Gasteiger partial charge in [-0.15, -0.1) is 23.5 Å². The summed E-state index contributed by atoms with van der Waals surface area (Å²) in [6, 6.07) is 14.9. The number of thioether (sulfide) groups is 2. The average molecular weight is 373 g/mol. The lowest BCUT2D eigenvalue weighted by Crippen LogP contribution is -2.14. The van der Waals surface area contributed by atoms with Crippen molar-refractivity contribution < 1.29 is 14.3 Å². The molecule has 5 heteroatoms. The van der Waals surface area contributed by atoms with Crippen LogP contribution in [0.15, 0.2) is 48.5 Å². The number of carbonyl (C=O) groups excluding carboxylic acids is 2. The minimum Gasteiger partial charge on any atom is -0.454 e. The van der Waals surface area contributed by atoms with Gasteiger partial charge in [-0.2, -0.15) is 0 Å². The Labute approximate surface area is 156 Å². The normalized spacial score (nSPS) is 14.4. The van der Waals surface area contributed by atoms with Gasteiger partial charge in [0.1, 0.15) is 0 Å². The Hall–Kier alpha value is -1.72. The van der Waals surface area contributed by atoms with E-state index in [-0.39, 0.29) is 12.4 Å². The molecule has 3 nitrogen and oxygen atoms in total. The third-order valence-corrected chi connectivity index (χ3v) is 7.16. The van der Waals surface area contributed by atoms with E-state index in [1.54, 1.807) is 24.3 Å². The Kier molecular flexibility index (Phi) is 6.21. The molecule has 0 unspecified atom stereocenters. The summed E-state index contributed by atoms with van der Waals surface area (Å²) in [5.41, 5.74) is 3.44. The molecule has 1 heterocycles. The Morgan fingerprint density at radius 3 is 2.16 bits per heavy atom. The summed E-state index contributed by atoms with van der Waals surface area (Å²) >= 11 is 3.85. The van der Waals surface area contributed by atoms with Crippen LogP contribution < -0.4 is 0 Å². The lowest BCUT2D eigenvalue weighted by atomic mass is 10.1. The minimum absolute atomic E-state index is 0.189. The first-order chi connectivity index (χ1) is 12.2. The van der Waals surface area contributed by atoms with Crippen LogP contribution in [0.25, 0.3) is 0 Å². The molecule has 0 atom stereocenters. The number of ketones is 1. The maximum Gasteiger partial charge on any atom is 0.338 e. The molecule has 0 N–H and O–H groups in total. The third kappa shape index (κ3) is 4.67. The molecule has 1 saturated heterocycles. The number of carbonyl (C=O) groups is 2. The van der Waals surface area contributed by atoms with E-state index >= 15 is 0 Å². The predicted molar refractivity (Wildman–Crippen MR) is 105 cm³/mol. The van der Waals surface area contributed by atoms with E-state index in [9.17, 15) is 9.59 Å². The quantitative estimate of drug-likeness (QED) is 0.540. The second kappa shape index (κ2) is 8.59. The molecular formula is C20H20O3S2. The topological polar surface area (TPSA) is 43.4 Å². The molecule has 2 aromatic rings. The fourth-order valence-electron chi connectivity index (χ4n) is 2.55. The standard InChI is InChI=1S/C20H20O3S2/c1-2-14-3-5-15(6-4-14)18(21)13-23-19(22)16-7-9-17(10-8-16)20-24-11-12-25-20/h3-10,20H,2,11-13H2,1H3. The fourth-order valence-corrected chi connectivity index (χ4v) is 5.41. The number of ether oxygens (including phenoxy) is 1. The second-order valence-corrected chi connectivity index (χ2v) is 8.47. The number of Topliss-reactive ketones (excluding diaryl/α,β-unsaturated/α-hetero) is 1. The molecule has 3 rings (SSSR count). The average Bonchev–Trinajstić information content (AvgIpc) is 3.21. The lowest BCUT2D eigenvalue weighted by molar-refractivity contribution is 0.0475. The van der Waals surface area contributed by atoms with Gasteiger partial charge in [0.25, 0.3) is 0 Å². The van der Waals surface area contributed by atoms with E-state index in [2.05, 4.69) is 6.92 Å². The fraction of sp³-hybridized carbons (Fsp3) is 0.300. The van der Waals surface area contributed by atoms with Crippen molar-refractivity contribution in [1.82, 2.24) is 0 Å². The molecule has 0 spiro atoms. The van der Waals surface area contributed by atoms with Crippen molar-refractivity contribution in [2.75, 3.05) is 18.1 Å². The molecule has 2 aromatic carbocycles. The van der Waals surface area contributed by atoms with Crippen molar-refractivity contribution in [3.8, 4) is 0 Å². The summed E-state index contributed by atoms with van der Waals surface area (Å²) in [4.78, 5) is 24.3. The van der Waals surface area contributed by atoms with E-state index < -0.39 is 5.97 Å². The van der Waals surface area contributed by atoms with Crippen molar-refractivity contribution in [3.05, 3.63) is 70.8 Å².